The van der Waals surface area contributed by atoms with Gasteiger partial charge in [-0.3, -0.25) is 20.2 Å². The molecule has 2 aliphatic rings. The topological polar surface area (TPSA) is 202 Å². The average molecular weight is 787 g/mol. The lowest BCUT2D eigenvalue weighted by Crippen LogP contribution is -2.45. The van der Waals surface area contributed by atoms with E-state index in [1.54, 1.807) is 22.7 Å². The molecule has 0 radical (unpaired) electrons. The molecule has 0 aromatic carbocycles. The number of rotatable bonds is 6. The fourth-order valence-corrected chi connectivity index (χ4v) is 9.54. The van der Waals surface area contributed by atoms with Crippen molar-refractivity contribution in [3.05, 3.63) is 32.2 Å². The van der Waals surface area contributed by atoms with Crippen molar-refractivity contribution in [3.63, 3.8) is 0 Å². The zero-order valence-electron chi connectivity index (χ0n) is 30.7. The van der Waals surface area contributed by atoms with Gasteiger partial charge in [-0.2, -0.15) is 0 Å². The Kier molecular flexibility index (Phi) is 11.7. The Bertz CT molecular complexity index is 1810. The normalized spacial score (nSPS) is 17.5. The molecule has 2 atom stereocenters. The smallest absolute Gasteiger partial charge is 0.324 e. The molecular formula is C34H46N10O4S4. The van der Waals surface area contributed by atoms with Crippen LogP contribution in [0.3, 0.4) is 0 Å². The maximum Gasteiger partial charge on any atom is 0.324 e. The van der Waals surface area contributed by atoms with Gasteiger partial charge in [-0.05, 0) is 39.5 Å². The van der Waals surface area contributed by atoms with Crippen LogP contribution in [0.5, 0.6) is 0 Å². The van der Waals surface area contributed by atoms with Gasteiger partial charge in [-0.15, -0.1) is 22.7 Å². The summed E-state index contributed by atoms with van der Waals surface area (Å²) in [7, 11) is 0. The second-order valence-corrected chi connectivity index (χ2v) is 18.5. The third-order valence-electron chi connectivity index (χ3n) is 8.46. The zero-order valence-corrected chi connectivity index (χ0v) is 33.9. The molecule has 0 unspecified atom stereocenters. The van der Waals surface area contributed by atoms with Crippen molar-refractivity contribution >= 4 is 79.5 Å². The van der Waals surface area contributed by atoms with E-state index in [1.165, 1.54) is 32.5 Å². The highest BCUT2D eigenvalue weighted by atomic mass is 32.1. The monoisotopic (exact) mass is 786 g/mol. The van der Waals surface area contributed by atoms with Crippen molar-refractivity contribution in [3.8, 4) is 21.1 Å². The van der Waals surface area contributed by atoms with Crippen LogP contribution in [0.25, 0.3) is 21.1 Å². The highest BCUT2D eigenvalue weighted by Crippen LogP contribution is 2.38. The maximum absolute atomic E-state index is 12.5. The summed E-state index contributed by atoms with van der Waals surface area (Å²) in [4.78, 5) is 71.1. The van der Waals surface area contributed by atoms with Crippen molar-refractivity contribution in [2.75, 3.05) is 23.7 Å². The molecule has 0 aliphatic carbocycles. The first-order valence-electron chi connectivity index (χ1n) is 16.9. The van der Waals surface area contributed by atoms with Gasteiger partial charge in [0, 0.05) is 34.7 Å². The number of aryl methyl sites for hydroxylation is 2. The quantitative estimate of drug-likeness (QED) is 0.165. The van der Waals surface area contributed by atoms with E-state index in [1.807, 2.05) is 24.6 Å². The molecule has 14 nitrogen and oxygen atoms in total. The predicted molar refractivity (Wildman–Crippen MR) is 209 cm³/mol. The molecule has 4 aromatic rings. The Hall–Kier alpha value is -4.00. The number of carbonyl (C=O) groups is 4. The molecule has 2 saturated heterocycles. The van der Waals surface area contributed by atoms with Crippen LogP contribution in [-0.4, -0.2) is 78.8 Å². The van der Waals surface area contributed by atoms with E-state index < -0.39 is 23.9 Å². The van der Waals surface area contributed by atoms with Crippen LogP contribution >= 0.6 is 45.3 Å². The van der Waals surface area contributed by atoms with Gasteiger partial charge in [0.2, 0.25) is 11.8 Å². The van der Waals surface area contributed by atoms with Gasteiger partial charge in [0.25, 0.3) is 0 Å². The van der Waals surface area contributed by atoms with Gasteiger partial charge >= 0.3 is 12.1 Å². The number of hydrogen-bond acceptors (Lipinski definition) is 12. The number of hydrogen-bond donors (Lipinski definition) is 4. The average Bonchev–Trinajstić information content (AvgIpc) is 3.88. The van der Waals surface area contributed by atoms with Gasteiger partial charge in [-0.25, -0.2) is 29.5 Å². The molecule has 18 heteroatoms. The predicted octanol–water partition coefficient (Wildman–Crippen LogP) is 6.71. The summed E-state index contributed by atoms with van der Waals surface area (Å²) in [5.74, 6) is -0.934. The Morgan fingerprint density at radius 3 is 1.35 bits per heavy atom. The second-order valence-electron chi connectivity index (χ2n) is 14.8. The van der Waals surface area contributed by atoms with Crippen LogP contribution in [0, 0.1) is 13.8 Å². The minimum atomic E-state index is -0.539. The molecule has 6 amide bonds. The van der Waals surface area contributed by atoms with Crippen LogP contribution in [0.4, 0.5) is 19.9 Å². The van der Waals surface area contributed by atoms with Crippen molar-refractivity contribution in [1.82, 2.24) is 29.7 Å². The van der Waals surface area contributed by atoms with Gasteiger partial charge in [0.15, 0.2) is 10.3 Å². The Morgan fingerprint density at radius 2 is 1.04 bits per heavy atom. The number of nitrogens with one attached hydrogen (secondary N) is 2. The number of aromatic nitrogens is 4. The third kappa shape index (κ3) is 8.95. The SMILES string of the molecule is Cc1nc(NC(=O)N2CCC[C@H]2C(N)=O)sc1-c1csc(C(C)(C)C)n1.Cc1nc(NC(=O)N2CCC[C@H]2C(N)=O)sc1-c1csc(C(C)(C)C)n1. The van der Waals surface area contributed by atoms with E-state index in [-0.39, 0.29) is 22.9 Å². The van der Waals surface area contributed by atoms with Crippen LogP contribution < -0.4 is 22.1 Å². The first-order valence-corrected chi connectivity index (χ1v) is 20.3. The highest BCUT2D eigenvalue weighted by molar-refractivity contribution is 7.20. The van der Waals surface area contributed by atoms with E-state index >= 15 is 0 Å². The van der Waals surface area contributed by atoms with Gasteiger partial charge in [0.05, 0.1) is 42.5 Å². The molecule has 6 N–H and O–H groups in total. The van der Waals surface area contributed by atoms with Crippen LogP contribution in [0.2, 0.25) is 0 Å². The second kappa shape index (κ2) is 15.5. The largest absolute Gasteiger partial charge is 0.368 e. The molecule has 52 heavy (non-hydrogen) atoms. The van der Waals surface area contributed by atoms with Crippen LogP contribution in [0.15, 0.2) is 10.8 Å². The zero-order chi connectivity index (χ0) is 38.1. The summed E-state index contributed by atoms with van der Waals surface area (Å²) < 4.78 is 0. The Labute approximate surface area is 319 Å². The molecule has 0 bridgehead atoms. The number of thiazole rings is 4. The molecule has 280 valence electrons. The number of likely N-dealkylation sites (tertiary alicyclic amines) is 2. The summed E-state index contributed by atoms with van der Waals surface area (Å²) in [5, 5.41) is 12.8. The number of anilines is 2. The number of nitrogens with two attached hydrogens (primary N) is 2. The fourth-order valence-electron chi connectivity index (χ4n) is 5.76. The highest BCUT2D eigenvalue weighted by Gasteiger charge is 2.34. The lowest BCUT2D eigenvalue weighted by molar-refractivity contribution is -0.122. The number of primary amides is 2. The molecule has 2 fully saturated rings. The van der Waals surface area contributed by atoms with E-state index in [4.69, 9.17) is 21.4 Å². The van der Waals surface area contributed by atoms with E-state index in [9.17, 15) is 19.2 Å². The number of amides is 6. The van der Waals surface area contributed by atoms with Gasteiger partial charge < -0.3 is 21.3 Å². The van der Waals surface area contributed by atoms with E-state index in [0.717, 1.165) is 55.4 Å². The molecule has 0 spiro atoms. The minimum Gasteiger partial charge on any atom is -0.368 e. The molecule has 6 heterocycles. The third-order valence-corrected chi connectivity index (χ3v) is 13.2. The summed E-state index contributed by atoms with van der Waals surface area (Å²) in [6, 6.07) is -1.74. The summed E-state index contributed by atoms with van der Waals surface area (Å²) in [5.41, 5.74) is 14.2. The molecule has 2 aliphatic heterocycles. The fraction of sp³-hybridized carbons (Fsp3) is 0.529. The first kappa shape index (κ1) is 39.2. The lowest BCUT2D eigenvalue weighted by Gasteiger charge is -2.21. The van der Waals surface area contributed by atoms with E-state index in [0.29, 0.717) is 36.2 Å². The Morgan fingerprint density at radius 1 is 0.673 bits per heavy atom. The minimum absolute atomic E-state index is 0.00190. The van der Waals surface area contributed by atoms with Gasteiger partial charge in [-0.1, -0.05) is 64.2 Å². The first-order chi connectivity index (χ1) is 24.3. The maximum atomic E-state index is 12.5. The van der Waals surface area contributed by atoms with Crippen molar-refractivity contribution in [2.45, 2.75) is 104 Å². The number of urea groups is 2. The summed E-state index contributed by atoms with van der Waals surface area (Å²) in [6.07, 6.45) is 2.77. The summed E-state index contributed by atoms with van der Waals surface area (Å²) in [6.45, 7) is 17.6. The van der Waals surface area contributed by atoms with E-state index in [2.05, 4.69) is 62.1 Å². The van der Waals surface area contributed by atoms with Crippen molar-refractivity contribution in [1.29, 1.82) is 0 Å². The number of nitrogens with zero attached hydrogens (tertiary/aromatic N) is 6. The van der Waals surface area contributed by atoms with Crippen molar-refractivity contribution < 1.29 is 19.2 Å². The summed E-state index contributed by atoms with van der Waals surface area (Å²) >= 11 is 6.04. The van der Waals surface area contributed by atoms with Crippen LogP contribution in [0.1, 0.15) is 88.6 Å². The van der Waals surface area contributed by atoms with Gasteiger partial charge in [0.1, 0.15) is 12.1 Å². The van der Waals surface area contributed by atoms with Crippen LogP contribution in [-0.2, 0) is 20.4 Å². The lowest BCUT2D eigenvalue weighted by atomic mass is 9.98. The Balaban J connectivity index is 0.000000201. The molecular weight excluding hydrogens is 741 g/mol. The molecule has 6 rings (SSSR count). The number of carbonyl (C=O) groups excluding carboxylic acids is 4. The molecule has 4 aromatic heterocycles. The van der Waals surface area contributed by atoms with Crippen molar-refractivity contribution in [2.24, 2.45) is 11.5 Å². The standard InChI is InChI=1S/2C17H23N5O2S2/c2*1-9-12(10-8-25-14(20-10)17(2,3)4)26-15(19-9)21-16(24)22-7-5-6-11(22)13(18)23/h2*8,11H,5-7H2,1-4H3,(H2,18,23)(H,19,21,24)/t2*11-/m00/s1. The molecule has 0 saturated carbocycles.